The fourth-order valence-electron chi connectivity index (χ4n) is 1.89. The summed E-state index contributed by atoms with van der Waals surface area (Å²) in [4.78, 5) is 6.77. The number of rotatable bonds is 4. The Bertz CT molecular complexity index is 477. The third-order valence-electron chi connectivity index (χ3n) is 2.90. The predicted molar refractivity (Wildman–Crippen MR) is 69.9 cm³/mol. The monoisotopic (exact) mass is 292 g/mol. The Kier molecular flexibility index (Phi) is 2.89. The van der Waals surface area contributed by atoms with E-state index in [0.29, 0.717) is 6.04 Å². The Labute approximate surface area is 109 Å². The molecule has 1 aliphatic carbocycles. The van der Waals surface area contributed by atoms with E-state index in [0.717, 1.165) is 22.6 Å². The van der Waals surface area contributed by atoms with Gasteiger partial charge >= 0.3 is 0 Å². The van der Waals surface area contributed by atoms with Gasteiger partial charge in [-0.15, -0.1) is 0 Å². The van der Waals surface area contributed by atoms with E-state index >= 15 is 0 Å². The molecule has 0 N–H and O–H groups in total. The Hall–Kier alpha value is -1.29. The van der Waals surface area contributed by atoms with Crippen LogP contribution in [0.1, 0.15) is 18.6 Å². The highest BCUT2D eigenvalue weighted by Gasteiger charge is 2.30. The molecule has 2 heterocycles. The average Bonchev–Trinajstić information content (AvgIpc) is 3.05. The van der Waals surface area contributed by atoms with E-state index in [1.165, 1.54) is 12.8 Å². The second kappa shape index (κ2) is 4.53. The first kappa shape index (κ1) is 10.8. The van der Waals surface area contributed by atoms with Crippen molar-refractivity contribution in [2.24, 2.45) is 0 Å². The standard InChI is InChI=1S/C13H13BrN2O/c14-10-3-6-13(15-8-10)16(11-4-5-11)9-12-2-1-7-17-12/h1-3,6-8,11H,4-5,9H2. The van der Waals surface area contributed by atoms with Crippen LogP contribution in [0.2, 0.25) is 0 Å². The fourth-order valence-corrected chi connectivity index (χ4v) is 2.13. The first-order valence-corrected chi connectivity index (χ1v) is 6.53. The molecular formula is C13H13BrN2O. The molecule has 0 aromatic carbocycles. The van der Waals surface area contributed by atoms with Gasteiger partial charge in [0.1, 0.15) is 11.6 Å². The van der Waals surface area contributed by atoms with Gasteiger partial charge in [-0.1, -0.05) is 0 Å². The van der Waals surface area contributed by atoms with Gasteiger partial charge in [0.15, 0.2) is 0 Å². The molecule has 1 aliphatic rings. The molecule has 0 atom stereocenters. The largest absolute Gasteiger partial charge is 0.467 e. The van der Waals surface area contributed by atoms with Crippen molar-refractivity contribution < 1.29 is 4.42 Å². The zero-order valence-electron chi connectivity index (χ0n) is 9.34. The van der Waals surface area contributed by atoms with Crippen LogP contribution in [-0.2, 0) is 6.54 Å². The highest BCUT2D eigenvalue weighted by Crippen LogP contribution is 2.32. The quantitative estimate of drug-likeness (QED) is 0.862. The maximum atomic E-state index is 5.41. The Morgan fingerprint density at radius 2 is 2.24 bits per heavy atom. The van der Waals surface area contributed by atoms with Crippen LogP contribution in [0.4, 0.5) is 5.82 Å². The molecular weight excluding hydrogens is 280 g/mol. The highest BCUT2D eigenvalue weighted by molar-refractivity contribution is 9.10. The fraction of sp³-hybridized carbons (Fsp3) is 0.308. The molecule has 4 heteroatoms. The molecule has 17 heavy (non-hydrogen) atoms. The number of aromatic nitrogens is 1. The van der Waals surface area contributed by atoms with Crippen molar-refractivity contribution in [2.45, 2.75) is 25.4 Å². The van der Waals surface area contributed by atoms with Gasteiger partial charge in [-0.05, 0) is 53.0 Å². The van der Waals surface area contributed by atoms with Gasteiger partial charge in [0.25, 0.3) is 0 Å². The molecule has 0 bridgehead atoms. The predicted octanol–water partition coefficient (Wildman–Crippen LogP) is 3.61. The summed E-state index contributed by atoms with van der Waals surface area (Å²) in [5, 5.41) is 0. The van der Waals surface area contributed by atoms with E-state index in [-0.39, 0.29) is 0 Å². The molecule has 0 spiro atoms. The first-order chi connectivity index (χ1) is 8.33. The van der Waals surface area contributed by atoms with E-state index in [2.05, 4.69) is 25.8 Å². The summed E-state index contributed by atoms with van der Waals surface area (Å²) in [5.74, 6) is 2.01. The van der Waals surface area contributed by atoms with Crippen LogP contribution in [0, 0.1) is 0 Å². The Morgan fingerprint density at radius 1 is 1.35 bits per heavy atom. The highest BCUT2D eigenvalue weighted by atomic mass is 79.9. The SMILES string of the molecule is Brc1ccc(N(Cc2ccco2)C2CC2)nc1. The Morgan fingerprint density at radius 3 is 2.82 bits per heavy atom. The van der Waals surface area contributed by atoms with Crippen molar-refractivity contribution in [3.8, 4) is 0 Å². The van der Waals surface area contributed by atoms with Crippen LogP contribution in [0.5, 0.6) is 0 Å². The van der Waals surface area contributed by atoms with Gasteiger partial charge in [-0.2, -0.15) is 0 Å². The third-order valence-corrected chi connectivity index (χ3v) is 3.37. The molecule has 2 aromatic heterocycles. The van der Waals surface area contributed by atoms with E-state index in [1.54, 1.807) is 6.26 Å². The summed E-state index contributed by atoms with van der Waals surface area (Å²) in [5.41, 5.74) is 0. The summed E-state index contributed by atoms with van der Waals surface area (Å²) in [6.07, 6.45) is 6.05. The van der Waals surface area contributed by atoms with Crippen LogP contribution in [-0.4, -0.2) is 11.0 Å². The molecule has 0 saturated heterocycles. The number of nitrogens with zero attached hydrogens (tertiary/aromatic N) is 2. The lowest BCUT2D eigenvalue weighted by Crippen LogP contribution is -2.25. The minimum atomic E-state index is 0.619. The number of halogens is 1. The van der Waals surface area contributed by atoms with Crippen molar-refractivity contribution >= 4 is 21.7 Å². The summed E-state index contributed by atoms with van der Waals surface area (Å²) < 4.78 is 6.42. The van der Waals surface area contributed by atoms with Gasteiger partial charge < -0.3 is 9.32 Å². The van der Waals surface area contributed by atoms with E-state index in [1.807, 2.05) is 30.5 Å². The second-order valence-electron chi connectivity index (χ2n) is 4.27. The molecule has 1 fully saturated rings. The van der Waals surface area contributed by atoms with Crippen LogP contribution >= 0.6 is 15.9 Å². The maximum Gasteiger partial charge on any atom is 0.129 e. The van der Waals surface area contributed by atoms with Gasteiger partial charge in [-0.3, -0.25) is 0 Å². The summed E-state index contributed by atoms with van der Waals surface area (Å²) in [6.45, 7) is 0.798. The third kappa shape index (κ3) is 2.52. The lowest BCUT2D eigenvalue weighted by atomic mass is 10.3. The van der Waals surface area contributed by atoms with Crippen molar-refractivity contribution in [3.63, 3.8) is 0 Å². The number of pyridine rings is 1. The molecule has 3 nitrogen and oxygen atoms in total. The topological polar surface area (TPSA) is 29.3 Å². The zero-order valence-corrected chi connectivity index (χ0v) is 10.9. The normalized spacial score (nSPS) is 14.9. The molecule has 0 aliphatic heterocycles. The minimum absolute atomic E-state index is 0.619. The smallest absolute Gasteiger partial charge is 0.129 e. The van der Waals surface area contributed by atoms with Crippen LogP contribution in [0.25, 0.3) is 0 Å². The zero-order chi connectivity index (χ0) is 11.7. The lowest BCUT2D eigenvalue weighted by Gasteiger charge is -2.22. The second-order valence-corrected chi connectivity index (χ2v) is 5.19. The van der Waals surface area contributed by atoms with Crippen LogP contribution in [0.3, 0.4) is 0 Å². The van der Waals surface area contributed by atoms with Gasteiger partial charge in [0, 0.05) is 16.7 Å². The number of hydrogen-bond donors (Lipinski definition) is 0. The first-order valence-electron chi connectivity index (χ1n) is 5.73. The van der Waals surface area contributed by atoms with Crippen LogP contribution < -0.4 is 4.90 Å². The summed E-state index contributed by atoms with van der Waals surface area (Å²) >= 11 is 3.41. The molecule has 0 amide bonds. The van der Waals surface area contributed by atoms with Crippen molar-refractivity contribution in [1.29, 1.82) is 0 Å². The lowest BCUT2D eigenvalue weighted by molar-refractivity contribution is 0.500. The summed E-state index contributed by atoms with van der Waals surface area (Å²) in [7, 11) is 0. The van der Waals surface area contributed by atoms with Crippen LogP contribution in [0.15, 0.2) is 45.6 Å². The van der Waals surface area contributed by atoms with Crippen molar-refractivity contribution in [1.82, 2.24) is 4.98 Å². The van der Waals surface area contributed by atoms with E-state index in [9.17, 15) is 0 Å². The summed E-state index contributed by atoms with van der Waals surface area (Å²) in [6, 6.07) is 8.63. The molecule has 88 valence electrons. The van der Waals surface area contributed by atoms with Gasteiger partial charge in [0.2, 0.25) is 0 Å². The molecule has 1 saturated carbocycles. The average molecular weight is 293 g/mol. The number of hydrogen-bond acceptors (Lipinski definition) is 3. The molecule has 0 unspecified atom stereocenters. The van der Waals surface area contributed by atoms with Gasteiger partial charge in [-0.25, -0.2) is 4.98 Å². The molecule has 3 rings (SSSR count). The number of anilines is 1. The Balaban J connectivity index is 1.82. The number of furan rings is 1. The van der Waals surface area contributed by atoms with E-state index in [4.69, 9.17) is 4.42 Å². The van der Waals surface area contributed by atoms with Crippen molar-refractivity contribution in [3.05, 3.63) is 47.0 Å². The minimum Gasteiger partial charge on any atom is -0.467 e. The van der Waals surface area contributed by atoms with Crippen molar-refractivity contribution in [2.75, 3.05) is 4.90 Å². The molecule has 2 aromatic rings. The van der Waals surface area contributed by atoms with Gasteiger partial charge in [0.05, 0.1) is 12.8 Å². The van der Waals surface area contributed by atoms with E-state index < -0.39 is 0 Å². The molecule has 0 radical (unpaired) electrons. The maximum absolute atomic E-state index is 5.41.